The molecule has 7 nitrogen and oxygen atoms in total. The molecule has 1 aromatic heterocycles. The van der Waals surface area contributed by atoms with Gasteiger partial charge in [-0.15, -0.1) is 0 Å². The monoisotopic (exact) mass is 359 g/mol. The van der Waals surface area contributed by atoms with Crippen LogP contribution in [0.4, 0.5) is 0 Å². The molecule has 0 aliphatic carbocycles. The van der Waals surface area contributed by atoms with Gasteiger partial charge in [0.2, 0.25) is 0 Å². The van der Waals surface area contributed by atoms with Crippen LogP contribution in [0.15, 0.2) is 11.0 Å². The van der Waals surface area contributed by atoms with Crippen LogP contribution in [0, 0.1) is 18.3 Å². The summed E-state index contributed by atoms with van der Waals surface area (Å²) < 4.78 is 7.57. The Kier molecular flexibility index (Phi) is 5.51. The van der Waals surface area contributed by atoms with E-state index in [1.807, 2.05) is 6.92 Å². The van der Waals surface area contributed by atoms with Gasteiger partial charge in [-0.25, -0.2) is 0 Å². The first-order valence-corrected chi connectivity index (χ1v) is 8.67. The molecule has 114 valence electrons. The van der Waals surface area contributed by atoms with Crippen LogP contribution in [-0.2, 0) is 4.74 Å². The van der Waals surface area contributed by atoms with Crippen LogP contribution in [0.1, 0.15) is 24.6 Å². The molecule has 0 spiro atoms. The predicted octanol–water partition coefficient (Wildman–Crippen LogP) is -1.15. The van der Waals surface area contributed by atoms with E-state index in [1.165, 1.54) is 4.57 Å². The van der Waals surface area contributed by atoms with E-state index < -0.39 is 24.1 Å². The van der Waals surface area contributed by atoms with Gasteiger partial charge < -0.3 is 0 Å². The molecule has 0 radical (unpaired) electrons. The van der Waals surface area contributed by atoms with Crippen molar-refractivity contribution in [2.45, 2.75) is 43.5 Å². The van der Waals surface area contributed by atoms with Crippen LogP contribution < -0.4 is 10.3 Å². The van der Waals surface area contributed by atoms with Gasteiger partial charge in [-0.05, 0) is 0 Å². The zero-order valence-electron chi connectivity index (χ0n) is 11.6. The van der Waals surface area contributed by atoms with Crippen molar-refractivity contribution in [1.82, 2.24) is 9.55 Å². The number of ether oxygens (including phenoxy) is 1. The van der Waals surface area contributed by atoms with Crippen LogP contribution in [-0.4, -0.2) is 53.5 Å². The van der Waals surface area contributed by atoms with Crippen LogP contribution in [0.5, 0.6) is 0 Å². The molecule has 0 unspecified atom stereocenters. The number of aromatic nitrogens is 2. The van der Waals surface area contributed by atoms with Crippen LogP contribution in [0.25, 0.3) is 0 Å². The third-order valence-corrected chi connectivity index (χ3v) is 5.53. The molecule has 2 N–H and O–H groups in total. The number of aliphatic hydroxyl groups is 2. The quantitative estimate of drug-likeness (QED) is 0.509. The summed E-state index contributed by atoms with van der Waals surface area (Å²) in [6.07, 6.45) is 0.339. The number of hydrogen-bond acceptors (Lipinski definition) is 6. The van der Waals surface area contributed by atoms with Gasteiger partial charge in [-0.1, -0.05) is 0 Å². The molecule has 1 saturated heterocycles. The van der Waals surface area contributed by atoms with Gasteiger partial charge >= 0.3 is 128 Å². The molecule has 0 amide bonds. The number of hydrogen-bond donors (Lipinski definition) is 2. The molecule has 8 heteroatoms. The fourth-order valence-corrected chi connectivity index (χ4v) is 3.85. The molecule has 0 saturated carbocycles. The maximum atomic E-state index is 12.1. The van der Waals surface area contributed by atoms with Crippen molar-refractivity contribution in [3.05, 3.63) is 22.2 Å². The Hall–Kier alpha value is -1.23. The number of nitrogens with zero attached hydrogens (tertiary/aromatic N) is 3. The van der Waals surface area contributed by atoms with E-state index in [-0.39, 0.29) is 28.0 Å². The third-order valence-electron chi connectivity index (χ3n) is 3.24. The van der Waals surface area contributed by atoms with E-state index in [0.29, 0.717) is 6.42 Å². The molecule has 1 aliphatic rings. The van der Waals surface area contributed by atoms with E-state index >= 15 is 0 Å². The summed E-state index contributed by atoms with van der Waals surface area (Å²) in [6.45, 7) is 1.58. The fraction of sp³-hybridized carbons (Fsp3) is 0.615. The van der Waals surface area contributed by atoms with Gasteiger partial charge in [-0.2, -0.15) is 0 Å². The minimum absolute atomic E-state index is 0.00173. The van der Waals surface area contributed by atoms with E-state index in [2.05, 4.69) is 11.1 Å². The fourth-order valence-electron chi connectivity index (χ4n) is 2.15. The summed E-state index contributed by atoms with van der Waals surface area (Å²) in [7, 11) is 0. The molecule has 2 rings (SSSR count). The summed E-state index contributed by atoms with van der Waals surface area (Å²) in [4.78, 5) is 16.2. The molecule has 0 bridgehead atoms. The molecule has 21 heavy (non-hydrogen) atoms. The van der Waals surface area contributed by atoms with Crippen LogP contribution >= 0.6 is 0 Å². The molecular weight excluding hydrogens is 341 g/mol. The number of rotatable bonds is 5. The van der Waals surface area contributed by atoms with E-state index in [0.717, 1.165) is 15.5 Å². The topological polar surface area (TPSA) is 108 Å². The molecule has 1 aromatic rings. The second kappa shape index (κ2) is 7.16. The predicted molar refractivity (Wildman–Crippen MR) is 75.3 cm³/mol. The first-order chi connectivity index (χ1) is 10.1. The van der Waals surface area contributed by atoms with Crippen molar-refractivity contribution in [3.63, 3.8) is 0 Å². The Morgan fingerprint density at radius 3 is 3.05 bits per heavy atom. The Bertz CT molecular complexity index is 598. The maximum absolute atomic E-state index is 12.1. The second-order valence-corrected chi connectivity index (χ2v) is 7.06. The SMILES string of the molecule is Cc1cn([C@H]2C[C@H](O)[C@@H](CO)O2)c(=O)nc1[Se]CCC#N. The van der Waals surface area contributed by atoms with Gasteiger partial charge in [0.15, 0.2) is 0 Å². The summed E-state index contributed by atoms with van der Waals surface area (Å²) in [5.41, 5.74) is 0.448. The van der Waals surface area contributed by atoms with Crippen molar-refractivity contribution < 1.29 is 14.9 Å². The summed E-state index contributed by atoms with van der Waals surface area (Å²) in [5.74, 6) is 0. The summed E-state index contributed by atoms with van der Waals surface area (Å²) in [6, 6.07) is 2.08. The normalized spacial score (nSPS) is 25.0. The van der Waals surface area contributed by atoms with E-state index in [9.17, 15) is 9.90 Å². The number of aliphatic hydroxyl groups excluding tert-OH is 2. The average molecular weight is 358 g/mol. The first kappa shape index (κ1) is 16.1. The molecule has 0 aromatic carbocycles. The zero-order chi connectivity index (χ0) is 15.4. The minimum atomic E-state index is -0.785. The van der Waals surface area contributed by atoms with Crippen molar-refractivity contribution >= 4 is 19.5 Å². The molecular formula is C13H17N3O4Se. The Labute approximate surface area is 128 Å². The molecule has 2 heterocycles. The van der Waals surface area contributed by atoms with E-state index in [4.69, 9.17) is 15.1 Å². The van der Waals surface area contributed by atoms with Gasteiger partial charge in [0.25, 0.3) is 0 Å². The van der Waals surface area contributed by atoms with Gasteiger partial charge in [0.1, 0.15) is 0 Å². The first-order valence-electron chi connectivity index (χ1n) is 6.60. The Balaban J connectivity index is 2.17. The molecule has 1 aliphatic heterocycles. The molecule has 3 atom stereocenters. The summed E-state index contributed by atoms with van der Waals surface area (Å²) in [5, 5.41) is 28.1. The van der Waals surface area contributed by atoms with Gasteiger partial charge in [0.05, 0.1) is 0 Å². The van der Waals surface area contributed by atoms with Crippen molar-refractivity contribution in [1.29, 1.82) is 5.26 Å². The number of aryl methyl sites for hydroxylation is 1. The summed E-state index contributed by atoms with van der Waals surface area (Å²) >= 11 is 0.00173. The van der Waals surface area contributed by atoms with Crippen LogP contribution in [0.2, 0.25) is 5.32 Å². The third kappa shape index (κ3) is 3.70. The average Bonchev–Trinajstić information content (AvgIpc) is 2.83. The zero-order valence-corrected chi connectivity index (χ0v) is 13.3. The van der Waals surface area contributed by atoms with Crippen molar-refractivity contribution in [2.24, 2.45) is 0 Å². The number of nitriles is 1. The van der Waals surface area contributed by atoms with Crippen molar-refractivity contribution in [2.75, 3.05) is 6.61 Å². The van der Waals surface area contributed by atoms with E-state index in [1.54, 1.807) is 6.20 Å². The second-order valence-electron chi connectivity index (χ2n) is 4.79. The molecule has 1 fully saturated rings. The Morgan fingerprint density at radius 2 is 2.43 bits per heavy atom. The van der Waals surface area contributed by atoms with Gasteiger partial charge in [-0.3, -0.25) is 0 Å². The Morgan fingerprint density at radius 1 is 1.67 bits per heavy atom. The van der Waals surface area contributed by atoms with Crippen molar-refractivity contribution in [3.8, 4) is 6.07 Å². The van der Waals surface area contributed by atoms with Crippen LogP contribution in [0.3, 0.4) is 0 Å². The van der Waals surface area contributed by atoms with Gasteiger partial charge in [0, 0.05) is 0 Å². The standard InChI is InChI=1S/C13H17N3O4Se/c1-8-6-16(11-5-9(18)10(7-17)20-11)13(19)15-12(8)21-4-2-3-14/h6,9-11,17-18H,2,4-5,7H2,1H3/t9-,10+,11+/m0/s1.